The molecular weight excluding hydrogens is 287 g/mol. The lowest BCUT2D eigenvalue weighted by Crippen LogP contribution is -1.92. The number of nitrogens with one attached hydrogen (secondary N) is 1. The van der Waals surface area contributed by atoms with Gasteiger partial charge in [0.25, 0.3) is 0 Å². The molecule has 7 heteroatoms. The second-order valence-electron chi connectivity index (χ2n) is 3.94. The maximum absolute atomic E-state index is 5.97. The molecule has 3 rings (SSSR count). The van der Waals surface area contributed by atoms with Gasteiger partial charge in [0, 0.05) is 5.02 Å². The van der Waals surface area contributed by atoms with Crippen molar-refractivity contribution in [3.8, 4) is 11.6 Å². The lowest BCUT2D eigenvalue weighted by atomic mass is 10.2. The van der Waals surface area contributed by atoms with Crippen LogP contribution in [0.15, 0.2) is 24.4 Å². The number of benzene rings is 1. The number of H-pyrrole nitrogens is 1. The Balaban J connectivity index is 2.04. The quantitative estimate of drug-likeness (QED) is 0.731. The lowest BCUT2D eigenvalue weighted by Gasteiger charge is -2.07. The van der Waals surface area contributed by atoms with Gasteiger partial charge >= 0.3 is 0 Å². The van der Waals surface area contributed by atoms with Crippen molar-refractivity contribution in [2.45, 2.75) is 6.92 Å². The van der Waals surface area contributed by atoms with E-state index in [4.69, 9.17) is 27.9 Å². The molecule has 1 aromatic carbocycles. The highest BCUT2D eigenvalue weighted by atomic mass is 35.5. The first-order valence-electron chi connectivity index (χ1n) is 5.44. The molecule has 3 aromatic rings. The van der Waals surface area contributed by atoms with Gasteiger partial charge in [-0.25, -0.2) is 0 Å². The molecule has 2 aromatic heterocycles. The fourth-order valence-corrected chi connectivity index (χ4v) is 1.93. The molecule has 0 amide bonds. The third-order valence-corrected chi connectivity index (χ3v) is 3.18. The van der Waals surface area contributed by atoms with Crippen molar-refractivity contribution >= 4 is 34.2 Å². The molecule has 0 bridgehead atoms. The van der Waals surface area contributed by atoms with Crippen LogP contribution in [0.5, 0.6) is 11.6 Å². The van der Waals surface area contributed by atoms with Crippen LogP contribution in [-0.2, 0) is 0 Å². The smallest absolute Gasteiger partial charge is 0.234 e. The Labute approximate surface area is 118 Å². The Morgan fingerprint density at radius 1 is 1.21 bits per heavy atom. The Morgan fingerprint density at radius 2 is 2.05 bits per heavy atom. The third-order valence-electron chi connectivity index (χ3n) is 2.59. The van der Waals surface area contributed by atoms with E-state index in [1.807, 2.05) is 13.0 Å². The van der Waals surface area contributed by atoms with Crippen molar-refractivity contribution in [2.24, 2.45) is 0 Å². The van der Waals surface area contributed by atoms with Crippen molar-refractivity contribution in [1.29, 1.82) is 0 Å². The number of fused-ring (bicyclic) bond motifs is 1. The highest BCUT2D eigenvalue weighted by Crippen LogP contribution is 2.29. The molecule has 0 aliphatic heterocycles. The fourth-order valence-electron chi connectivity index (χ4n) is 1.65. The van der Waals surface area contributed by atoms with E-state index < -0.39 is 0 Å². The maximum atomic E-state index is 5.97. The predicted molar refractivity (Wildman–Crippen MR) is 73.0 cm³/mol. The summed E-state index contributed by atoms with van der Waals surface area (Å²) in [7, 11) is 0. The van der Waals surface area contributed by atoms with Crippen LogP contribution in [0.25, 0.3) is 11.0 Å². The van der Waals surface area contributed by atoms with E-state index in [1.165, 1.54) is 0 Å². The molecule has 0 saturated carbocycles. The normalized spacial score (nSPS) is 10.9. The summed E-state index contributed by atoms with van der Waals surface area (Å²) in [6.07, 6.45) is 1.59. The number of ether oxygens (including phenoxy) is 1. The average Bonchev–Trinajstić information content (AvgIpc) is 2.82. The first-order chi connectivity index (χ1) is 9.13. The van der Waals surface area contributed by atoms with Crippen molar-refractivity contribution in [2.75, 3.05) is 0 Å². The summed E-state index contributed by atoms with van der Waals surface area (Å²) in [5, 5.41) is 8.05. The van der Waals surface area contributed by atoms with Crippen LogP contribution in [0.4, 0.5) is 0 Å². The van der Waals surface area contributed by atoms with Gasteiger partial charge in [0.1, 0.15) is 11.1 Å². The van der Waals surface area contributed by atoms with Crippen LogP contribution in [0, 0.1) is 6.92 Å². The van der Waals surface area contributed by atoms with Crippen molar-refractivity contribution < 1.29 is 4.74 Å². The molecule has 19 heavy (non-hydrogen) atoms. The Bertz CT molecular complexity index is 757. The summed E-state index contributed by atoms with van der Waals surface area (Å²) in [5.74, 6) is 0.977. The van der Waals surface area contributed by atoms with Crippen LogP contribution in [0.2, 0.25) is 10.3 Å². The zero-order valence-electron chi connectivity index (χ0n) is 9.82. The summed E-state index contributed by atoms with van der Waals surface area (Å²) in [6.45, 7) is 1.90. The van der Waals surface area contributed by atoms with Gasteiger partial charge in [-0.05, 0) is 42.3 Å². The minimum absolute atomic E-state index is 0.0948. The standard InChI is InChI=1S/C12H8Cl2N4O/c1-6-4-7(2-3-9(6)13)19-11-8-5-15-18-10(8)16-12(14)17-11/h2-5H,1H3,(H,15,16,17,18). The molecule has 0 saturated heterocycles. The molecule has 96 valence electrons. The lowest BCUT2D eigenvalue weighted by molar-refractivity contribution is 0.468. The van der Waals surface area contributed by atoms with E-state index in [0.29, 0.717) is 27.7 Å². The summed E-state index contributed by atoms with van der Waals surface area (Å²) in [5.41, 5.74) is 1.45. The Kier molecular flexibility index (Phi) is 3.00. The van der Waals surface area contributed by atoms with Crippen LogP contribution in [-0.4, -0.2) is 20.2 Å². The van der Waals surface area contributed by atoms with Gasteiger partial charge in [-0.15, -0.1) is 0 Å². The van der Waals surface area contributed by atoms with Crippen molar-refractivity contribution in [3.05, 3.63) is 40.3 Å². The van der Waals surface area contributed by atoms with Gasteiger partial charge in [0.2, 0.25) is 11.2 Å². The molecule has 0 unspecified atom stereocenters. The van der Waals surface area contributed by atoms with Gasteiger partial charge in [-0.1, -0.05) is 11.6 Å². The minimum atomic E-state index is 0.0948. The summed E-state index contributed by atoms with van der Waals surface area (Å²) < 4.78 is 5.71. The van der Waals surface area contributed by atoms with Crippen LogP contribution < -0.4 is 4.74 Å². The molecule has 5 nitrogen and oxygen atoms in total. The number of nitrogens with zero attached hydrogens (tertiary/aromatic N) is 3. The van der Waals surface area contributed by atoms with E-state index in [0.717, 1.165) is 5.56 Å². The second-order valence-corrected chi connectivity index (χ2v) is 4.69. The van der Waals surface area contributed by atoms with Crippen molar-refractivity contribution in [3.63, 3.8) is 0 Å². The van der Waals surface area contributed by atoms with E-state index in [2.05, 4.69) is 20.2 Å². The molecule has 0 atom stereocenters. The maximum Gasteiger partial charge on any atom is 0.234 e. The average molecular weight is 295 g/mol. The van der Waals surface area contributed by atoms with Gasteiger partial charge in [-0.3, -0.25) is 5.10 Å². The van der Waals surface area contributed by atoms with Crippen LogP contribution in [0.3, 0.4) is 0 Å². The number of hydrogen-bond acceptors (Lipinski definition) is 4. The zero-order chi connectivity index (χ0) is 13.4. The highest BCUT2D eigenvalue weighted by molar-refractivity contribution is 6.31. The second kappa shape index (κ2) is 4.68. The topological polar surface area (TPSA) is 63.7 Å². The molecule has 0 aliphatic rings. The van der Waals surface area contributed by atoms with Crippen LogP contribution >= 0.6 is 23.2 Å². The number of aryl methyl sites for hydroxylation is 1. The molecule has 0 spiro atoms. The van der Waals surface area contributed by atoms with Crippen LogP contribution in [0.1, 0.15) is 5.56 Å². The summed E-state index contributed by atoms with van der Waals surface area (Å²) >= 11 is 11.8. The molecule has 1 N–H and O–H groups in total. The third kappa shape index (κ3) is 2.34. The van der Waals surface area contributed by atoms with E-state index in [9.17, 15) is 0 Å². The first-order valence-corrected chi connectivity index (χ1v) is 6.20. The van der Waals surface area contributed by atoms with Gasteiger partial charge in [0.05, 0.1) is 6.20 Å². The predicted octanol–water partition coefficient (Wildman–Crippen LogP) is 3.76. The van der Waals surface area contributed by atoms with E-state index in [-0.39, 0.29) is 5.28 Å². The van der Waals surface area contributed by atoms with Gasteiger partial charge in [0.15, 0.2) is 5.65 Å². The number of aromatic amines is 1. The van der Waals surface area contributed by atoms with Gasteiger partial charge < -0.3 is 4.74 Å². The summed E-state index contributed by atoms with van der Waals surface area (Å²) in [4.78, 5) is 8.06. The molecule has 0 radical (unpaired) electrons. The first kappa shape index (κ1) is 12.2. The monoisotopic (exact) mass is 294 g/mol. The zero-order valence-corrected chi connectivity index (χ0v) is 11.3. The Morgan fingerprint density at radius 3 is 2.84 bits per heavy atom. The largest absolute Gasteiger partial charge is 0.438 e. The molecule has 2 heterocycles. The highest BCUT2D eigenvalue weighted by Gasteiger charge is 2.11. The SMILES string of the molecule is Cc1cc(Oc2nc(Cl)nc3[nH]ncc23)ccc1Cl. The minimum Gasteiger partial charge on any atom is -0.438 e. The molecular formula is C12H8Cl2N4O. The fraction of sp³-hybridized carbons (Fsp3) is 0.0833. The molecule has 0 aliphatic carbocycles. The number of hydrogen-bond donors (Lipinski definition) is 1. The number of halogens is 2. The van der Waals surface area contributed by atoms with E-state index in [1.54, 1.807) is 18.3 Å². The van der Waals surface area contributed by atoms with E-state index >= 15 is 0 Å². The van der Waals surface area contributed by atoms with Gasteiger partial charge in [-0.2, -0.15) is 15.1 Å². The number of rotatable bonds is 2. The van der Waals surface area contributed by atoms with Crippen molar-refractivity contribution in [1.82, 2.24) is 20.2 Å². The molecule has 0 fully saturated rings. The Hall–Kier alpha value is -1.85. The summed E-state index contributed by atoms with van der Waals surface area (Å²) in [6, 6.07) is 5.35. The number of aromatic nitrogens is 4.